The highest BCUT2D eigenvalue weighted by Crippen LogP contribution is 2.34. The number of carbonyl (C=O) groups excluding carboxylic acids is 2. The minimum atomic E-state index is -0.395. The number of aryl methyl sites for hydroxylation is 1. The van der Waals surface area contributed by atoms with E-state index in [0.717, 1.165) is 36.5 Å². The highest BCUT2D eigenvalue weighted by Gasteiger charge is 2.27. The van der Waals surface area contributed by atoms with E-state index >= 15 is 0 Å². The van der Waals surface area contributed by atoms with Crippen LogP contribution in [0.3, 0.4) is 0 Å². The molecule has 4 nitrogen and oxygen atoms in total. The summed E-state index contributed by atoms with van der Waals surface area (Å²) in [6.07, 6.45) is 8.03. The average Bonchev–Trinajstić information content (AvgIpc) is 2.93. The molecular formula is C18H27NO3S. The van der Waals surface area contributed by atoms with Crippen molar-refractivity contribution >= 4 is 28.2 Å². The Morgan fingerprint density at radius 3 is 2.61 bits per heavy atom. The molecule has 0 aromatic carbocycles. The summed E-state index contributed by atoms with van der Waals surface area (Å²) in [4.78, 5) is 25.3. The Morgan fingerprint density at radius 2 is 2.00 bits per heavy atom. The number of esters is 1. The zero-order valence-electron chi connectivity index (χ0n) is 14.3. The summed E-state index contributed by atoms with van der Waals surface area (Å²) in [6.45, 7) is 4.15. The van der Waals surface area contributed by atoms with Crippen molar-refractivity contribution in [2.24, 2.45) is 11.8 Å². The van der Waals surface area contributed by atoms with Gasteiger partial charge < -0.3 is 10.1 Å². The molecule has 23 heavy (non-hydrogen) atoms. The highest BCUT2D eigenvalue weighted by molar-refractivity contribution is 7.16. The first-order valence-corrected chi connectivity index (χ1v) is 9.36. The molecule has 1 aromatic heterocycles. The van der Waals surface area contributed by atoms with Gasteiger partial charge >= 0.3 is 5.97 Å². The van der Waals surface area contributed by atoms with Crippen LogP contribution in [0, 0.1) is 18.8 Å². The molecule has 1 heterocycles. The van der Waals surface area contributed by atoms with Crippen LogP contribution in [0.25, 0.3) is 0 Å². The number of hydrogen-bond acceptors (Lipinski definition) is 4. The Labute approximate surface area is 142 Å². The van der Waals surface area contributed by atoms with Crippen LogP contribution in [0.15, 0.2) is 6.07 Å². The summed E-state index contributed by atoms with van der Waals surface area (Å²) < 4.78 is 4.79. The number of nitrogens with one attached hydrogen (secondary N) is 1. The van der Waals surface area contributed by atoms with Crippen LogP contribution >= 0.6 is 11.3 Å². The van der Waals surface area contributed by atoms with Crippen LogP contribution in [0.5, 0.6) is 0 Å². The van der Waals surface area contributed by atoms with Crippen LogP contribution in [0.4, 0.5) is 5.00 Å². The van der Waals surface area contributed by atoms with Crippen molar-refractivity contribution in [3.05, 3.63) is 16.5 Å². The Balaban J connectivity index is 1.92. The van der Waals surface area contributed by atoms with E-state index in [0.29, 0.717) is 10.6 Å². The van der Waals surface area contributed by atoms with E-state index < -0.39 is 5.97 Å². The normalized spacial score (nSPS) is 21.0. The number of anilines is 1. The molecule has 1 fully saturated rings. The van der Waals surface area contributed by atoms with Crippen LogP contribution < -0.4 is 5.32 Å². The predicted octanol–water partition coefficient (Wildman–Crippen LogP) is 4.78. The number of amides is 1. The molecule has 0 saturated heterocycles. The van der Waals surface area contributed by atoms with E-state index in [1.807, 2.05) is 6.92 Å². The van der Waals surface area contributed by atoms with Gasteiger partial charge in [0.25, 0.3) is 0 Å². The van der Waals surface area contributed by atoms with Gasteiger partial charge in [-0.05, 0) is 44.6 Å². The lowest BCUT2D eigenvalue weighted by Gasteiger charge is -2.27. The molecule has 0 atom stereocenters. The number of hydrogen-bond donors (Lipinski definition) is 1. The molecule has 1 amide bonds. The Kier molecular flexibility index (Phi) is 6.63. The van der Waals surface area contributed by atoms with E-state index in [4.69, 9.17) is 4.74 Å². The van der Waals surface area contributed by atoms with Crippen molar-refractivity contribution in [2.75, 3.05) is 12.4 Å². The lowest BCUT2D eigenvalue weighted by molar-refractivity contribution is -0.121. The summed E-state index contributed by atoms with van der Waals surface area (Å²) in [5, 5.41) is 3.57. The van der Waals surface area contributed by atoms with Gasteiger partial charge in [-0.1, -0.05) is 26.2 Å². The number of unbranched alkanes of at least 4 members (excludes halogenated alkanes) is 1. The van der Waals surface area contributed by atoms with Crippen molar-refractivity contribution in [1.82, 2.24) is 0 Å². The molecule has 1 aliphatic carbocycles. The molecule has 0 aliphatic heterocycles. The number of methoxy groups -OCH3 is 1. The maximum absolute atomic E-state index is 12.5. The molecule has 0 radical (unpaired) electrons. The fraction of sp³-hybridized carbons (Fsp3) is 0.667. The summed E-state index contributed by atoms with van der Waals surface area (Å²) in [7, 11) is 1.36. The number of thiophene rings is 1. The summed E-state index contributed by atoms with van der Waals surface area (Å²) in [5.41, 5.74) is 0.458. The van der Waals surface area contributed by atoms with E-state index in [1.54, 1.807) is 6.07 Å². The Morgan fingerprint density at radius 1 is 1.30 bits per heavy atom. The molecule has 1 N–H and O–H groups in total. The van der Waals surface area contributed by atoms with Crippen molar-refractivity contribution in [3.63, 3.8) is 0 Å². The molecule has 0 spiro atoms. The number of rotatable bonds is 6. The first kappa shape index (κ1) is 18.0. The van der Waals surface area contributed by atoms with Gasteiger partial charge in [0.15, 0.2) is 0 Å². The van der Waals surface area contributed by atoms with Gasteiger partial charge in [0, 0.05) is 10.8 Å². The summed E-state index contributed by atoms with van der Waals surface area (Å²) >= 11 is 1.43. The molecule has 5 heteroatoms. The molecule has 1 aliphatic rings. The molecular weight excluding hydrogens is 310 g/mol. The van der Waals surface area contributed by atoms with Crippen molar-refractivity contribution in [2.45, 2.75) is 58.8 Å². The van der Waals surface area contributed by atoms with Gasteiger partial charge in [0.05, 0.1) is 12.7 Å². The van der Waals surface area contributed by atoms with Gasteiger partial charge in [-0.25, -0.2) is 4.79 Å². The molecule has 0 bridgehead atoms. The monoisotopic (exact) mass is 337 g/mol. The zero-order chi connectivity index (χ0) is 16.8. The van der Waals surface area contributed by atoms with Gasteiger partial charge in [-0.2, -0.15) is 0 Å². The third-order valence-corrected chi connectivity index (χ3v) is 5.65. The van der Waals surface area contributed by atoms with Gasteiger partial charge in [-0.15, -0.1) is 11.3 Å². The van der Waals surface area contributed by atoms with E-state index in [9.17, 15) is 9.59 Å². The minimum absolute atomic E-state index is 0.0472. The lowest BCUT2D eigenvalue weighted by Crippen LogP contribution is -2.27. The van der Waals surface area contributed by atoms with E-state index in [1.165, 1.54) is 37.7 Å². The standard InChI is InChI=1S/C18H27NO3S/c1-4-5-6-13-7-9-14(10-8-13)16(20)19-17-15(18(21)22-3)11-12(2)23-17/h11,13-14H,4-10H2,1-3H3,(H,19,20). The third-order valence-electron chi connectivity index (χ3n) is 4.68. The van der Waals surface area contributed by atoms with Crippen LogP contribution in [0.2, 0.25) is 0 Å². The third kappa shape index (κ3) is 4.80. The van der Waals surface area contributed by atoms with Crippen LogP contribution in [0.1, 0.15) is 67.1 Å². The van der Waals surface area contributed by atoms with E-state index in [2.05, 4.69) is 12.2 Å². The predicted molar refractivity (Wildman–Crippen MR) is 94.0 cm³/mol. The van der Waals surface area contributed by atoms with E-state index in [-0.39, 0.29) is 11.8 Å². The van der Waals surface area contributed by atoms with Crippen molar-refractivity contribution < 1.29 is 14.3 Å². The molecule has 2 rings (SSSR count). The fourth-order valence-corrected chi connectivity index (χ4v) is 4.19. The first-order chi connectivity index (χ1) is 11.0. The average molecular weight is 337 g/mol. The van der Waals surface area contributed by atoms with Crippen molar-refractivity contribution in [3.8, 4) is 0 Å². The topological polar surface area (TPSA) is 55.4 Å². The SMILES string of the molecule is CCCCC1CCC(C(=O)Nc2sc(C)cc2C(=O)OC)CC1. The molecule has 0 unspecified atom stereocenters. The Bertz CT molecular complexity index is 544. The van der Waals surface area contributed by atoms with Crippen molar-refractivity contribution in [1.29, 1.82) is 0 Å². The van der Waals surface area contributed by atoms with Gasteiger partial charge in [0.2, 0.25) is 5.91 Å². The Hall–Kier alpha value is -1.36. The summed E-state index contributed by atoms with van der Waals surface area (Å²) in [6, 6.07) is 1.77. The second-order valence-electron chi connectivity index (χ2n) is 6.44. The van der Waals surface area contributed by atoms with Gasteiger partial charge in [0.1, 0.15) is 5.00 Å². The largest absolute Gasteiger partial charge is 0.465 e. The second kappa shape index (κ2) is 8.48. The quantitative estimate of drug-likeness (QED) is 0.760. The van der Waals surface area contributed by atoms with Crippen LogP contribution in [-0.2, 0) is 9.53 Å². The molecule has 1 aromatic rings. The smallest absolute Gasteiger partial charge is 0.340 e. The first-order valence-electron chi connectivity index (χ1n) is 8.54. The number of carbonyl (C=O) groups is 2. The zero-order valence-corrected chi connectivity index (χ0v) is 15.1. The van der Waals surface area contributed by atoms with Gasteiger partial charge in [-0.3, -0.25) is 4.79 Å². The highest BCUT2D eigenvalue weighted by atomic mass is 32.1. The fourth-order valence-electron chi connectivity index (χ4n) is 3.29. The second-order valence-corrected chi connectivity index (χ2v) is 7.70. The van der Waals surface area contributed by atoms with Crippen LogP contribution in [-0.4, -0.2) is 19.0 Å². The molecule has 128 valence electrons. The number of ether oxygens (including phenoxy) is 1. The molecule has 1 saturated carbocycles. The minimum Gasteiger partial charge on any atom is -0.465 e. The lowest BCUT2D eigenvalue weighted by atomic mass is 9.79. The summed E-state index contributed by atoms with van der Waals surface area (Å²) in [5.74, 6) is 0.508. The maximum Gasteiger partial charge on any atom is 0.340 e. The maximum atomic E-state index is 12.5.